The van der Waals surface area contributed by atoms with E-state index >= 15 is 0 Å². The number of carbonyl (C=O) groups excluding carboxylic acids is 3. The molecule has 0 saturated heterocycles. The zero-order valence-corrected chi connectivity index (χ0v) is 17.0. The van der Waals surface area contributed by atoms with Gasteiger partial charge in [-0.15, -0.1) is 0 Å². The number of hydrogen-bond acceptors (Lipinski definition) is 5. The number of phenols is 1. The molecule has 0 spiro atoms. The molecule has 0 unspecified atom stereocenters. The molecule has 9 heteroatoms. The van der Waals surface area contributed by atoms with E-state index in [4.69, 9.17) is 16.3 Å². The van der Waals surface area contributed by atoms with Crippen LogP contribution < -0.4 is 20.7 Å². The lowest BCUT2D eigenvalue weighted by Crippen LogP contribution is -2.50. The Morgan fingerprint density at radius 1 is 1.10 bits per heavy atom. The Labute approximate surface area is 178 Å². The van der Waals surface area contributed by atoms with Crippen LogP contribution >= 0.6 is 11.6 Å². The highest BCUT2D eigenvalue weighted by molar-refractivity contribution is 6.31. The van der Waals surface area contributed by atoms with Crippen LogP contribution in [0.15, 0.2) is 42.5 Å². The summed E-state index contributed by atoms with van der Waals surface area (Å²) in [7, 11) is 0. The van der Waals surface area contributed by atoms with Crippen LogP contribution in [0.2, 0.25) is 5.02 Å². The average molecular weight is 432 g/mol. The highest BCUT2D eigenvalue weighted by Gasteiger charge is 2.25. The number of amides is 3. The van der Waals surface area contributed by atoms with Gasteiger partial charge in [-0.25, -0.2) is 0 Å². The standard InChI is InChI=1S/C21H22ClN3O5/c1-12-11-30-18-7-4-14(22)9-16(18)20(28)25-17(21(29)23-10-19(27)24-12)8-13-2-5-15(26)6-3-13/h2-7,9,12,17,26H,8,10-11H2,1H3,(H,23,29)(H,24,27)(H,25,28)/t12-,17-/m0/s1. The lowest BCUT2D eigenvalue weighted by atomic mass is 10.0. The van der Waals surface area contributed by atoms with Crippen LogP contribution in [0.3, 0.4) is 0 Å². The number of halogens is 1. The van der Waals surface area contributed by atoms with Gasteiger partial charge in [0.2, 0.25) is 11.8 Å². The first-order chi connectivity index (χ1) is 14.3. The molecule has 1 aliphatic heterocycles. The summed E-state index contributed by atoms with van der Waals surface area (Å²) in [5.74, 6) is -1.03. The third-order valence-electron chi connectivity index (χ3n) is 4.50. The second-order valence-corrected chi connectivity index (χ2v) is 7.47. The molecule has 2 aromatic carbocycles. The van der Waals surface area contributed by atoms with Gasteiger partial charge in [-0.1, -0.05) is 23.7 Å². The van der Waals surface area contributed by atoms with Crippen molar-refractivity contribution in [2.24, 2.45) is 0 Å². The number of benzene rings is 2. The monoisotopic (exact) mass is 431 g/mol. The number of carbonyl (C=O) groups is 3. The van der Waals surface area contributed by atoms with E-state index in [0.717, 1.165) is 5.56 Å². The van der Waals surface area contributed by atoms with E-state index in [-0.39, 0.29) is 42.8 Å². The summed E-state index contributed by atoms with van der Waals surface area (Å²) in [6.07, 6.45) is 0.159. The van der Waals surface area contributed by atoms with Crippen molar-refractivity contribution in [3.05, 3.63) is 58.6 Å². The lowest BCUT2D eigenvalue weighted by Gasteiger charge is -2.19. The zero-order chi connectivity index (χ0) is 21.7. The van der Waals surface area contributed by atoms with Gasteiger partial charge in [0, 0.05) is 11.4 Å². The van der Waals surface area contributed by atoms with Crippen LogP contribution in [0.4, 0.5) is 0 Å². The maximum atomic E-state index is 13.0. The van der Waals surface area contributed by atoms with Crippen LogP contribution in [0, 0.1) is 0 Å². The second kappa shape index (κ2) is 9.49. The van der Waals surface area contributed by atoms with Crippen molar-refractivity contribution in [2.75, 3.05) is 13.2 Å². The van der Waals surface area contributed by atoms with Crippen LogP contribution in [0.25, 0.3) is 0 Å². The Morgan fingerprint density at radius 2 is 1.83 bits per heavy atom. The Hall–Kier alpha value is -3.26. The molecule has 0 aromatic heterocycles. The molecule has 3 amide bonds. The van der Waals surface area contributed by atoms with Crippen molar-refractivity contribution < 1.29 is 24.2 Å². The fourth-order valence-corrected chi connectivity index (χ4v) is 3.16. The molecule has 4 N–H and O–H groups in total. The molecular weight excluding hydrogens is 410 g/mol. The fraction of sp³-hybridized carbons (Fsp3) is 0.286. The molecule has 0 radical (unpaired) electrons. The summed E-state index contributed by atoms with van der Waals surface area (Å²) >= 11 is 6.06. The molecule has 0 bridgehead atoms. The zero-order valence-electron chi connectivity index (χ0n) is 16.3. The van der Waals surface area contributed by atoms with Crippen molar-refractivity contribution >= 4 is 29.3 Å². The number of aromatic hydroxyl groups is 1. The summed E-state index contributed by atoms with van der Waals surface area (Å²) in [6, 6.07) is 9.62. The average Bonchev–Trinajstić information content (AvgIpc) is 2.72. The van der Waals surface area contributed by atoms with E-state index in [0.29, 0.717) is 10.8 Å². The van der Waals surface area contributed by atoms with Gasteiger partial charge in [-0.3, -0.25) is 14.4 Å². The number of nitrogens with one attached hydrogen (secondary N) is 3. The molecule has 2 atom stereocenters. The number of rotatable bonds is 2. The first-order valence-corrected chi connectivity index (χ1v) is 9.78. The normalized spacial score (nSPS) is 20.3. The van der Waals surface area contributed by atoms with E-state index in [9.17, 15) is 19.5 Å². The Balaban J connectivity index is 1.91. The summed E-state index contributed by atoms with van der Waals surface area (Å²) in [4.78, 5) is 37.8. The summed E-state index contributed by atoms with van der Waals surface area (Å²) < 4.78 is 5.71. The molecule has 3 rings (SSSR count). The highest BCUT2D eigenvalue weighted by Crippen LogP contribution is 2.23. The minimum atomic E-state index is -0.958. The van der Waals surface area contributed by atoms with E-state index in [1.807, 2.05) is 0 Å². The van der Waals surface area contributed by atoms with Crippen molar-refractivity contribution in [1.29, 1.82) is 0 Å². The van der Waals surface area contributed by atoms with Crippen molar-refractivity contribution in [1.82, 2.24) is 16.0 Å². The number of ether oxygens (including phenoxy) is 1. The molecule has 8 nitrogen and oxygen atoms in total. The predicted octanol–water partition coefficient (Wildman–Crippen LogP) is 1.40. The minimum absolute atomic E-state index is 0.0914. The quantitative estimate of drug-likeness (QED) is 0.573. The van der Waals surface area contributed by atoms with Crippen molar-refractivity contribution in [3.8, 4) is 11.5 Å². The van der Waals surface area contributed by atoms with Gasteiger partial charge in [0.15, 0.2) is 0 Å². The van der Waals surface area contributed by atoms with Gasteiger partial charge in [-0.05, 0) is 42.8 Å². The van der Waals surface area contributed by atoms with Gasteiger partial charge >= 0.3 is 0 Å². The molecule has 1 aliphatic rings. The van der Waals surface area contributed by atoms with Gasteiger partial charge in [0.1, 0.15) is 24.1 Å². The number of phenolic OH excluding ortho intramolecular Hbond substituents is 1. The summed E-state index contributed by atoms with van der Waals surface area (Å²) in [6.45, 7) is 1.66. The topological polar surface area (TPSA) is 117 Å². The van der Waals surface area contributed by atoms with Gasteiger partial charge in [-0.2, -0.15) is 0 Å². The number of fused-ring (bicyclic) bond motifs is 1. The minimum Gasteiger partial charge on any atom is -0.508 e. The fourth-order valence-electron chi connectivity index (χ4n) is 2.99. The Bertz CT molecular complexity index is 948. The summed E-state index contributed by atoms with van der Waals surface area (Å²) in [5.41, 5.74) is 0.905. The van der Waals surface area contributed by atoms with Gasteiger partial charge in [0.25, 0.3) is 5.91 Å². The van der Waals surface area contributed by atoms with Gasteiger partial charge in [0.05, 0.1) is 18.2 Å². The van der Waals surface area contributed by atoms with Crippen LogP contribution in [0.1, 0.15) is 22.8 Å². The molecule has 0 fully saturated rings. The molecule has 0 aliphatic carbocycles. The van der Waals surface area contributed by atoms with Crippen LogP contribution in [-0.4, -0.2) is 48.1 Å². The van der Waals surface area contributed by atoms with Crippen LogP contribution in [-0.2, 0) is 16.0 Å². The second-order valence-electron chi connectivity index (χ2n) is 7.03. The SMILES string of the molecule is C[C@H]1COc2ccc(Cl)cc2C(=O)N[C@@H](Cc2ccc(O)cc2)C(=O)NCC(=O)N1. The molecule has 0 saturated carbocycles. The number of hydrogen-bond donors (Lipinski definition) is 4. The van der Waals surface area contributed by atoms with Crippen LogP contribution in [0.5, 0.6) is 11.5 Å². The van der Waals surface area contributed by atoms with E-state index < -0.39 is 17.9 Å². The Kier molecular flexibility index (Phi) is 6.79. The van der Waals surface area contributed by atoms with Gasteiger partial charge < -0.3 is 25.8 Å². The maximum absolute atomic E-state index is 13.0. The first-order valence-electron chi connectivity index (χ1n) is 9.40. The summed E-state index contributed by atoms with van der Waals surface area (Å²) in [5, 5.41) is 17.8. The molecular formula is C21H22ClN3O5. The predicted molar refractivity (Wildman–Crippen MR) is 111 cm³/mol. The first kappa shape index (κ1) is 21.4. The highest BCUT2D eigenvalue weighted by atomic mass is 35.5. The third-order valence-corrected chi connectivity index (χ3v) is 4.74. The maximum Gasteiger partial charge on any atom is 0.255 e. The molecule has 30 heavy (non-hydrogen) atoms. The smallest absolute Gasteiger partial charge is 0.255 e. The van der Waals surface area contributed by atoms with E-state index in [1.54, 1.807) is 31.2 Å². The molecule has 158 valence electrons. The largest absolute Gasteiger partial charge is 0.508 e. The Morgan fingerprint density at radius 3 is 2.57 bits per heavy atom. The van der Waals surface area contributed by atoms with Crippen molar-refractivity contribution in [3.63, 3.8) is 0 Å². The lowest BCUT2D eigenvalue weighted by molar-refractivity contribution is -0.127. The molecule has 2 aromatic rings. The molecule has 1 heterocycles. The van der Waals surface area contributed by atoms with E-state index in [1.165, 1.54) is 18.2 Å². The third kappa shape index (κ3) is 5.64. The van der Waals surface area contributed by atoms with Crippen molar-refractivity contribution in [2.45, 2.75) is 25.4 Å². The van der Waals surface area contributed by atoms with E-state index in [2.05, 4.69) is 16.0 Å².